The number of nitrogens with zero attached hydrogens (tertiary/aromatic N) is 2. The number of hydrogen-bond acceptors (Lipinski definition) is 7. The van der Waals surface area contributed by atoms with Gasteiger partial charge >= 0.3 is 0 Å². The van der Waals surface area contributed by atoms with Crippen LogP contribution in [0, 0.1) is 55.6 Å². The van der Waals surface area contributed by atoms with E-state index in [-0.39, 0.29) is 78.9 Å². The fraction of sp³-hybridized carbons (Fsp3) is 0.364. The molecular weight excluding hydrogens is 824 g/mol. The number of aryl methyl sites for hydroxylation is 1. The van der Waals surface area contributed by atoms with Gasteiger partial charge in [0.25, 0.3) is 5.91 Å². The Hall–Kier alpha value is -2.59. The molecule has 0 unspecified atom stereocenters. The first-order valence-electron chi connectivity index (χ1n) is 14.7. The first-order valence-corrected chi connectivity index (χ1v) is 15.5. The molecule has 0 radical (unpaired) electrons. The first kappa shape index (κ1) is 35.3. The summed E-state index contributed by atoms with van der Waals surface area (Å²) in [5.41, 5.74) is 0.830. The molecule has 1 fully saturated rings. The molecule has 1 aliphatic heterocycles. The number of rotatable bonds is 11. The normalized spacial score (nSPS) is 14.8. The maximum absolute atomic E-state index is 15.4. The van der Waals surface area contributed by atoms with Gasteiger partial charge in [-0.3, -0.25) is 15.5 Å². The number of aliphatic hydroxyl groups is 1. The number of fused-ring (bicyclic) bond motifs is 1. The van der Waals surface area contributed by atoms with E-state index in [1.165, 1.54) is 47.6 Å². The maximum Gasteiger partial charge on any atom is 0.261 e. The summed E-state index contributed by atoms with van der Waals surface area (Å²) in [6.45, 7) is 4.78. The summed E-state index contributed by atoms with van der Waals surface area (Å²) in [5, 5.41) is 24.4. The van der Waals surface area contributed by atoms with E-state index in [2.05, 4.69) is 15.2 Å². The standard InChI is InChI=1S/C33H37F2N4O4S.U/c1-20-3-9-29(44-20)33(43)38(2)18-21-12-15-39(16-13-21)19-22-4-7-26(34)25(31(22)35)11-14-36-17-28(41)23-5-8-27(40)32-24(23)6-10-30(42)37-32;/h3-10,28,36,40-41H,11-19H2,1-2H3,(H,37,42);/q-1;/t28-;/m0./s1. The molecule has 12 heteroatoms. The number of thiophene rings is 1. The van der Waals surface area contributed by atoms with E-state index < -0.39 is 17.7 Å². The minimum absolute atomic E-state index is 0. The van der Waals surface area contributed by atoms with Gasteiger partial charge in [0.05, 0.1) is 16.5 Å². The Kier molecular flexibility index (Phi) is 12.4. The number of aromatic amines is 1. The number of aromatic hydroxyl groups is 1. The number of halogens is 2. The fourth-order valence-corrected chi connectivity index (χ4v) is 6.54. The molecule has 2 aromatic heterocycles. The zero-order valence-electron chi connectivity index (χ0n) is 25.3. The van der Waals surface area contributed by atoms with Crippen LogP contribution in [0.2, 0.25) is 0 Å². The third kappa shape index (κ3) is 8.61. The van der Waals surface area contributed by atoms with E-state index in [4.69, 9.17) is 0 Å². The summed E-state index contributed by atoms with van der Waals surface area (Å²) in [5.74, 6) is 0.0542. The van der Waals surface area contributed by atoms with E-state index >= 15 is 4.39 Å². The second kappa shape index (κ2) is 15.8. The number of hydrogen-bond donors (Lipinski definition) is 4. The van der Waals surface area contributed by atoms with E-state index in [9.17, 15) is 24.2 Å². The number of phenolic OH excluding ortho intramolecular Hbond substituents is 1. The average Bonchev–Trinajstić information content (AvgIpc) is 3.45. The second-order valence-corrected chi connectivity index (χ2v) is 12.6. The Morgan fingerprint density at radius 3 is 2.60 bits per heavy atom. The van der Waals surface area contributed by atoms with E-state index in [0.717, 1.165) is 35.7 Å². The zero-order chi connectivity index (χ0) is 31.4. The van der Waals surface area contributed by atoms with Gasteiger partial charge in [0.1, 0.15) is 17.4 Å². The number of amides is 1. The number of piperidine rings is 1. The molecule has 3 heterocycles. The third-order valence-corrected chi connectivity index (χ3v) is 9.13. The monoisotopic (exact) mass is 861 g/mol. The van der Waals surface area contributed by atoms with E-state index in [0.29, 0.717) is 29.6 Å². The Bertz CT molecular complexity index is 1690. The number of likely N-dealkylation sites (tertiary alicyclic amines) is 1. The van der Waals surface area contributed by atoms with Crippen molar-refractivity contribution in [1.29, 1.82) is 0 Å². The molecule has 4 aromatic rings. The van der Waals surface area contributed by atoms with Gasteiger partial charge in [-0.25, -0.2) is 8.78 Å². The van der Waals surface area contributed by atoms with Crippen molar-refractivity contribution in [1.82, 2.24) is 20.1 Å². The Morgan fingerprint density at radius 1 is 1.13 bits per heavy atom. The number of benzene rings is 2. The number of pyridine rings is 1. The van der Waals surface area contributed by atoms with Crippen molar-refractivity contribution in [2.75, 3.05) is 39.8 Å². The maximum atomic E-state index is 15.4. The van der Waals surface area contributed by atoms with Crippen molar-refractivity contribution >= 4 is 28.1 Å². The fourth-order valence-electron chi connectivity index (χ4n) is 5.68. The van der Waals surface area contributed by atoms with Crippen molar-refractivity contribution in [3.8, 4) is 5.75 Å². The predicted molar refractivity (Wildman–Crippen MR) is 168 cm³/mol. The molecule has 8 nitrogen and oxygen atoms in total. The number of aliphatic hydroxyl groups excluding tert-OH is 1. The van der Waals surface area contributed by atoms with Gasteiger partial charge in [0.2, 0.25) is 5.56 Å². The number of nitrogens with one attached hydrogen (secondary N) is 2. The molecule has 1 saturated heterocycles. The number of carbonyl (C=O) groups is 1. The van der Waals surface area contributed by atoms with Crippen molar-refractivity contribution in [2.45, 2.75) is 38.8 Å². The molecule has 1 amide bonds. The van der Waals surface area contributed by atoms with Gasteiger partial charge in [-0.2, -0.15) is 12.8 Å². The van der Waals surface area contributed by atoms with Gasteiger partial charge in [0, 0.05) is 78.7 Å². The summed E-state index contributed by atoms with van der Waals surface area (Å²) < 4.78 is 30.1. The number of aromatic nitrogens is 1. The minimum Gasteiger partial charge on any atom is -0.506 e. The van der Waals surface area contributed by atoms with Crippen LogP contribution >= 0.6 is 11.3 Å². The molecular formula is C33H37F2N4O4SU-. The Morgan fingerprint density at radius 2 is 1.89 bits per heavy atom. The van der Waals surface area contributed by atoms with Gasteiger partial charge < -0.3 is 30.3 Å². The molecule has 4 N–H and O–H groups in total. The van der Waals surface area contributed by atoms with Crippen molar-refractivity contribution in [3.05, 3.63) is 103 Å². The third-order valence-electron chi connectivity index (χ3n) is 8.14. The van der Waals surface area contributed by atoms with Crippen LogP contribution in [0.25, 0.3) is 10.9 Å². The van der Waals surface area contributed by atoms with E-state index in [1.807, 2.05) is 26.1 Å². The molecule has 238 valence electrons. The molecule has 0 bridgehead atoms. The summed E-state index contributed by atoms with van der Waals surface area (Å²) in [7, 11) is 1.82. The number of phenols is 1. The van der Waals surface area contributed by atoms with Crippen LogP contribution in [-0.4, -0.2) is 70.7 Å². The average molecular weight is 862 g/mol. The Labute approximate surface area is 288 Å². The van der Waals surface area contributed by atoms with E-state index in [1.54, 1.807) is 11.0 Å². The smallest absolute Gasteiger partial charge is 0.261 e. The molecule has 0 spiro atoms. The van der Waals surface area contributed by atoms with Gasteiger partial charge in [-0.1, -0.05) is 12.1 Å². The number of carbonyl (C=O) groups excluding carboxylic acids is 1. The van der Waals surface area contributed by atoms with Crippen LogP contribution in [0.15, 0.2) is 53.3 Å². The van der Waals surface area contributed by atoms with Crippen molar-refractivity contribution in [2.24, 2.45) is 0 Å². The van der Waals surface area contributed by atoms with Crippen LogP contribution in [0.3, 0.4) is 0 Å². The van der Waals surface area contributed by atoms with Crippen molar-refractivity contribution < 1.29 is 54.9 Å². The second-order valence-electron chi connectivity index (χ2n) is 11.4. The molecule has 2 aromatic carbocycles. The van der Waals surface area contributed by atoms with Crippen LogP contribution < -0.4 is 10.9 Å². The molecule has 0 saturated carbocycles. The van der Waals surface area contributed by atoms with Crippen LogP contribution in [0.4, 0.5) is 8.78 Å². The summed E-state index contributed by atoms with van der Waals surface area (Å²) in [6.07, 6.45) is 0.762. The predicted octanol–water partition coefficient (Wildman–Crippen LogP) is 4.69. The van der Waals surface area contributed by atoms with Crippen LogP contribution in [0.1, 0.15) is 50.2 Å². The molecule has 5 rings (SSSR count). The zero-order valence-corrected chi connectivity index (χ0v) is 30.3. The van der Waals surface area contributed by atoms with Gasteiger partial charge in [-0.05, 0) is 68.9 Å². The van der Waals surface area contributed by atoms with Gasteiger partial charge in [0.15, 0.2) is 0 Å². The molecule has 0 aliphatic carbocycles. The largest absolute Gasteiger partial charge is 0.506 e. The molecule has 1 atom stereocenters. The number of H-pyrrole nitrogens is 1. The quantitative estimate of drug-likeness (QED) is 0.129. The van der Waals surface area contributed by atoms with Crippen LogP contribution in [-0.2, 0) is 13.0 Å². The van der Waals surface area contributed by atoms with Gasteiger partial charge in [-0.15, -0.1) is 17.9 Å². The van der Waals surface area contributed by atoms with Crippen LogP contribution in [0.5, 0.6) is 5.75 Å². The Balaban J connectivity index is 0.00000461. The minimum atomic E-state index is -0.969. The summed E-state index contributed by atoms with van der Waals surface area (Å²) in [6, 6.07) is 12.5. The van der Waals surface area contributed by atoms with Crippen molar-refractivity contribution in [3.63, 3.8) is 0 Å². The topological polar surface area (TPSA) is 109 Å². The summed E-state index contributed by atoms with van der Waals surface area (Å²) in [4.78, 5) is 32.7. The molecule has 1 aliphatic rings. The summed E-state index contributed by atoms with van der Waals surface area (Å²) >= 11 is 1.50. The first-order chi connectivity index (χ1) is 21.1. The molecule has 45 heavy (non-hydrogen) atoms. The SMILES string of the molecule is Cc1ccc(C(=O)N(C)C[C-]2CCN(Cc3ccc(F)c(CCNC[C@H](O)c4ccc(O)c5[nH]c(=O)ccc45)c3F)CC2)s1.[U].